The van der Waals surface area contributed by atoms with Crippen molar-refractivity contribution in [3.8, 4) is 5.75 Å². The van der Waals surface area contributed by atoms with Crippen molar-refractivity contribution < 1.29 is 14.6 Å². The lowest BCUT2D eigenvalue weighted by molar-refractivity contribution is 0.0232. The summed E-state index contributed by atoms with van der Waals surface area (Å²) in [7, 11) is 0. The smallest absolute Gasteiger partial charge is 0.342 e. The molecule has 0 fully saturated rings. The molecule has 1 aromatic carbocycles. The van der Waals surface area contributed by atoms with Gasteiger partial charge in [0.15, 0.2) is 0 Å². The highest BCUT2D eigenvalue weighted by atomic mass is 16.5. The first-order chi connectivity index (χ1) is 7.22. The number of cyclic esters (lactones) is 1. The summed E-state index contributed by atoms with van der Waals surface area (Å²) in [4.78, 5) is 11.6. The lowest BCUT2D eigenvalue weighted by atomic mass is 9.96. The van der Waals surface area contributed by atoms with Crippen molar-refractivity contribution in [1.29, 1.82) is 0 Å². The Balaban J connectivity index is 2.32. The minimum Gasteiger partial charge on any atom is -0.507 e. The molecular formula is C12H14O3. The zero-order chi connectivity index (χ0) is 10.8. The third-order valence-corrected chi connectivity index (χ3v) is 2.66. The van der Waals surface area contributed by atoms with Gasteiger partial charge >= 0.3 is 5.97 Å². The Morgan fingerprint density at radius 1 is 1.53 bits per heavy atom. The van der Waals surface area contributed by atoms with E-state index in [1.54, 1.807) is 6.07 Å². The van der Waals surface area contributed by atoms with Crippen LogP contribution < -0.4 is 0 Å². The predicted molar refractivity (Wildman–Crippen MR) is 55.9 cm³/mol. The SMILES string of the molecule is CCC[C@H]1Cc2cccc(O)c2C(=O)O1. The molecule has 1 heterocycles. The Morgan fingerprint density at radius 2 is 2.33 bits per heavy atom. The maximum absolute atomic E-state index is 11.6. The number of phenols is 1. The lowest BCUT2D eigenvalue weighted by Gasteiger charge is -2.24. The molecule has 1 atom stereocenters. The minimum absolute atomic E-state index is 0.0208. The second-order valence-electron chi connectivity index (χ2n) is 3.83. The highest BCUT2D eigenvalue weighted by molar-refractivity contribution is 5.95. The number of benzene rings is 1. The fraction of sp³-hybridized carbons (Fsp3) is 0.417. The molecule has 0 amide bonds. The van der Waals surface area contributed by atoms with Gasteiger partial charge in [0.25, 0.3) is 0 Å². The summed E-state index contributed by atoms with van der Waals surface area (Å²) < 4.78 is 5.24. The average Bonchev–Trinajstić information content (AvgIpc) is 2.17. The van der Waals surface area contributed by atoms with Crippen LogP contribution in [-0.2, 0) is 11.2 Å². The van der Waals surface area contributed by atoms with E-state index >= 15 is 0 Å². The van der Waals surface area contributed by atoms with E-state index in [1.807, 2.05) is 6.07 Å². The van der Waals surface area contributed by atoms with Gasteiger partial charge in [-0.3, -0.25) is 0 Å². The summed E-state index contributed by atoms with van der Waals surface area (Å²) in [5.41, 5.74) is 1.23. The van der Waals surface area contributed by atoms with Crippen LogP contribution in [0.3, 0.4) is 0 Å². The van der Waals surface area contributed by atoms with Crippen molar-refractivity contribution in [3.63, 3.8) is 0 Å². The van der Waals surface area contributed by atoms with Gasteiger partial charge in [0.2, 0.25) is 0 Å². The van der Waals surface area contributed by atoms with E-state index in [4.69, 9.17) is 4.74 Å². The Kier molecular flexibility index (Phi) is 2.62. The lowest BCUT2D eigenvalue weighted by Crippen LogP contribution is -2.27. The van der Waals surface area contributed by atoms with Crippen molar-refractivity contribution in [3.05, 3.63) is 29.3 Å². The summed E-state index contributed by atoms with van der Waals surface area (Å²) in [6.07, 6.45) is 2.55. The number of hydrogen-bond acceptors (Lipinski definition) is 3. The van der Waals surface area contributed by atoms with Gasteiger partial charge in [0.05, 0.1) is 0 Å². The topological polar surface area (TPSA) is 46.5 Å². The van der Waals surface area contributed by atoms with Crippen molar-refractivity contribution in [1.82, 2.24) is 0 Å². The summed E-state index contributed by atoms with van der Waals surface area (Å²) >= 11 is 0. The first kappa shape index (κ1) is 10.0. The first-order valence-corrected chi connectivity index (χ1v) is 5.24. The van der Waals surface area contributed by atoms with E-state index in [9.17, 15) is 9.90 Å². The second-order valence-corrected chi connectivity index (χ2v) is 3.83. The van der Waals surface area contributed by atoms with E-state index in [1.165, 1.54) is 6.07 Å². The summed E-state index contributed by atoms with van der Waals surface area (Å²) in [6, 6.07) is 5.15. The van der Waals surface area contributed by atoms with Crippen LogP contribution in [0.1, 0.15) is 35.7 Å². The number of aromatic hydroxyl groups is 1. The first-order valence-electron chi connectivity index (χ1n) is 5.24. The van der Waals surface area contributed by atoms with Crippen molar-refractivity contribution in [2.24, 2.45) is 0 Å². The largest absolute Gasteiger partial charge is 0.507 e. The molecule has 0 aromatic heterocycles. The molecule has 0 unspecified atom stereocenters. The van der Waals surface area contributed by atoms with Crippen molar-refractivity contribution in [2.75, 3.05) is 0 Å². The van der Waals surface area contributed by atoms with Crippen molar-refractivity contribution >= 4 is 5.97 Å². The fourth-order valence-electron chi connectivity index (χ4n) is 1.97. The number of phenolic OH excluding ortho intramolecular Hbond substituents is 1. The van der Waals surface area contributed by atoms with Crippen LogP contribution in [0.25, 0.3) is 0 Å². The van der Waals surface area contributed by atoms with Gasteiger partial charge in [0.1, 0.15) is 17.4 Å². The van der Waals surface area contributed by atoms with Gasteiger partial charge in [-0.2, -0.15) is 0 Å². The van der Waals surface area contributed by atoms with E-state index in [-0.39, 0.29) is 11.9 Å². The van der Waals surface area contributed by atoms with Crippen molar-refractivity contribution in [2.45, 2.75) is 32.3 Å². The molecule has 3 heteroatoms. The molecule has 15 heavy (non-hydrogen) atoms. The van der Waals surface area contributed by atoms with Crippen LogP contribution in [0.15, 0.2) is 18.2 Å². The molecule has 1 aliphatic rings. The molecule has 0 aliphatic carbocycles. The normalized spacial score (nSPS) is 19.5. The summed E-state index contributed by atoms with van der Waals surface area (Å²) in [5.74, 6) is -0.375. The molecule has 1 N–H and O–H groups in total. The summed E-state index contributed by atoms with van der Waals surface area (Å²) in [6.45, 7) is 2.06. The van der Waals surface area contributed by atoms with Crippen LogP contribution in [0.2, 0.25) is 0 Å². The molecule has 0 saturated carbocycles. The third kappa shape index (κ3) is 1.82. The Bertz CT molecular complexity index is 384. The Morgan fingerprint density at radius 3 is 3.07 bits per heavy atom. The summed E-state index contributed by atoms with van der Waals surface area (Å²) in [5, 5.41) is 9.54. The highest BCUT2D eigenvalue weighted by Crippen LogP contribution is 2.29. The molecule has 1 aromatic rings. The number of carbonyl (C=O) groups is 1. The maximum atomic E-state index is 11.6. The molecule has 0 spiro atoms. The van der Waals surface area contributed by atoms with Crippen LogP contribution in [0.5, 0.6) is 5.75 Å². The minimum atomic E-state index is -0.396. The molecular weight excluding hydrogens is 192 g/mol. The maximum Gasteiger partial charge on any atom is 0.342 e. The average molecular weight is 206 g/mol. The standard InChI is InChI=1S/C12H14O3/c1-2-4-9-7-8-5-3-6-10(13)11(8)12(14)15-9/h3,5-6,9,13H,2,4,7H2,1H3/t9-/m0/s1. The molecule has 1 aliphatic heterocycles. The molecule has 3 nitrogen and oxygen atoms in total. The molecule has 0 radical (unpaired) electrons. The Labute approximate surface area is 88.7 Å². The van der Waals surface area contributed by atoms with Gasteiger partial charge in [-0.05, 0) is 18.1 Å². The second kappa shape index (κ2) is 3.93. The van der Waals surface area contributed by atoms with E-state index in [0.29, 0.717) is 12.0 Å². The van der Waals surface area contributed by atoms with Gasteiger partial charge < -0.3 is 9.84 Å². The number of fused-ring (bicyclic) bond motifs is 1. The van der Waals surface area contributed by atoms with Gasteiger partial charge in [-0.1, -0.05) is 25.5 Å². The molecule has 0 saturated heterocycles. The monoisotopic (exact) mass is 206 g/mol. The molecule has 0 bridgehead atoms. The third-order valence-electron chi connectivity index (χ3n) is 2.66. The van der Waals surface area contributed by atoms with E-state index in [0.717, 1.165) is 18.4 Å². The Hall–Kier alpha value is -1.51. The van der Waals surface area contributed by atoms with E-state index in [2.05, 4.69) is 6.92 Å². The van der Waals surface area contributed by atoms with Crippen LogP contribution in [0.4, 0.5) is 0 Å². The number of hydrogen-bond donors (Lipinski definition) is 1. The van der Waals surface area contributed by atoms with Gasteiger partial charge in [-0.15, -0.1) is 0 Å². The predicted octanol–water partition coefficient (Wildman–Crippen LogP) is 2.27. The number of rotatable bonds is 2. The van der Waals surface area contributed by atoms with Gasteiger partial charge in [0, 0.05) is 6.42 Å². The zero-order valence-corrected chi connectivity index (χ0v) is 8.69. The quantitative estimate of drug-likeness (QED) is 0.755. The van der Waals surface area contributed by atoms with Crippen LogP contribution >= 0.6 is 0 Å². The molecule has 80 valence electrons. The van der Waals surface area contributed by atoms with Crippen LogP contribution in [0, 0.1) is 0 Å². The van der Waals surface area contributed by atoms with Gasteiger partial charge in [-0.25, -0.2) is 4.79 Å². The number of esters is 1. The zero-order valence-electron chi connectivity index (χ0n) is 8.69. The highest BCUT2D eigenvalue weighted by Gasteiger charge is 2.27. The van der Waals surface area contributed by atoms with Crippen LogP contribution in [-0.4, -0.2) is 17.2 Å². The number of ether oxygens (including phenoxy) is 1. The van der Waals surface area contributed by atoms with E-state index < -0.39 is 5.97 Å². The fourth-order valence-corrected chi connectivity index (χ4v) is 1.97. The molecule has 2 rings (SSSR count). The number of carbonyl (C=O) groups excluding carboxylic acids is 1.